The van der Waals surface area contributed by atoms with Gasteiger partial charge in [-0.15, -0.1) is 18.2 Å². The van der Waals surface area contributed by atoms with Gasteiger partial charge in [0.15, 0.2) is 5.82 Å². The number of hydrogen-bond donors (Lipinski definition) is 0. The molecule has 6 rings (SSSR count). The fourth-order valence-electron chi connectivity index (χ4n) is 5.15. The molecule has 5 heteroatoms. The van der Waals surface area contributed by atoms with Crippen molar-refractivity contribution in [1.29, 1.82) is 0 Å². The van der Waals surface area contributed by atoms with Gasteiger partial charge in [-0.25, -0.2) is 4.68 Å². The van der Waals surface area contributed by atoms with Crippen LogP contribution in [0.15, 0.2) is 60.8 Å². The number of hydrogen-bond acceptors (Lipinski definition) is 2. The quantitative estimate of drug-likeness (QED) is 0.157. The number of rotatable bonds is 2. The maximum absolute atomic E-state index is 5.07. The zero-order valence-electron chi connectivity index (χ0n) is 19.9. The molecule has 0 atom stereocenters. The van der Waals surface area contributed by atoms with Crippen molar-refractivity contribution in [2.45, 2.75) is 34.6 Å². The van der Waals surface area contributed by atoms with Gasteiger partial charge >= 0.3 is 0 Å². The molecule has 3 heterocycles. The molecule has 0 N–H and O–H groups in total. The molecule has 0 aliphatic rings. The Bertz CT molecular complexity index is 1700. The standard InChI is InChI=1S/C29H25N4.Ir/c1-17-12-13-25-24(14-17)28-22(27-18(2)8-6-9-19(27)3)10-7-11-23(28)29-30-26(16-32(25)29)33-21(5)15-20(4)31-33;/h6-10,12-16H,1-5H3;/q-1;. The van der Waals surface area contributed by atoms with Crippen LogP contribution in [0.5, 0.6) is 0 Å². The topological polar surface area (TPSA) is 35.1 Å². The Labute approximate surface area is 212 Å². The third-order valence-corrected chi connectivity index (χ3v) is 6.57. The normalized spacial score (nSPS) is 11.4. The third kappa shape index (κ3) is 3.31. The maximum atomic E-state index is 5.07. The first-order valence-corrected chi connectivity index (χ1v) is 11.3. The minimum Gasteiger partial charge on any atom is -0.338 e. The van der Waals surface area contributed by atoms with E-state index in [1.54, 1.807) is 0 Å². The first kappa shape index (κ1) is 22.5. The smallest absolute Gasteiger partial charge is 0.162 e. The van der Waals surface area contributed by atoms with Crippen LogP contribution in [0.2, 0.25) is 0 Å². The van der Waals surface area contributed by atoms with Gasteiger partial charge in [0.1, 0.15) is 0 Å². The molecule has 0 fully saturated rings. The first-order chi connectivity index (χ1) is 15.9. The van der Waals surface area contributed by atoms with Crippen molar-refractivity contribution in [3.05, 3.63) is 94.9 Å². The van der Waals surface area contributed by atoms with E-state index in [0.29, 0.717) is 0 Å². The van der Waals surface area contributed by atoms with Crippen LogP contribution < -0.4 is 0 Å². The van der Waals surface area contributed by atoms with Crippen molar-refractivity contribution < 1.29 is 20.1 Å². The first-order valence-electron chi connectivity index (χ1n) is 11.3. The van der Waals surface area contributed by atoms with Crippen LogP contribution in [0, 0.1) is 40.7 Å². The zero-order valence-corrected chi connectivity index (χ0v) is 22.3. The van der Waals surface area contributed by atoms with Crippen LogP contribution in [-0.2, 0) is 20.1 Å². The molecule has 4 nitrogen and oxygen atoms in total. The summed E-state index contributed by atoms with van der Waals surface area (Å²) in [6, 6.07) is 23.0. The van der Waals surface area contributed by atoms with Gasteiger partial charge < -0.3 is 4.40 Å². The van der Waals surface area contributed by atoms with E-state index in [2.05, 4.69) is 98.0 Å². The van der Waals surface area contributed by atoms with E-state index in [1.165, 1.54) is 38.6 Å². The second-order valence-electron chi connectivity index (χ2n) is 9.06. The molecule has 6 aromatic rings. The van der Waals surface area contributed by atoms with E-state index < -0.39 is 0 Å². The Morgan fingerprint density at radius 1 is 0.882 bits per heavy atom. The third-order valence-electron chi connectivity index (χ3n) is 6.57. The van der Waals surface area contributed by atoms with Gasteiger partial charge in [0.2, 0.25) is 0 Å². The van der Waals surface area contributed by atoms with Crippen molar-refractivity contribution in [3.63, 3.8) is 0 Å². The van der Waals surface area contributed by atoms with Gasteiger partial charge in [0.05, 0.1) is 11.3 Å². The largest absolute Gasteiger partial charge is 0.338 e. The molecule has 0 aliphatic carbocycles. The minimum atomic E-state index is 0. The van der Waals surface area contributed by atoms with Gasteiger partial charge in [-0.2, -0.15) is 5.10 Å². The Morgan fingerprint density at radius 2 is 1.65 bits per heavy atom. The molecule has 34 heavy (non-hydrogen) atoms. The molecule has 0 aliphatic heterocycles. The Kier molecular flexibility index (Phi) is 5.43. The van der Waals surface area contributed by atoms with E-state index in [1.807, 2.05) is 17.7 Å². The fourth-order valence-corrected chi connectivity index (χ4v) is 5.15. The predicted molar refractivity (Wildman–Crippen MR) is 135 cm³/mol. The molecule has 3 aromatic carbocycles. The summed E-state index contributed by atoms with van der Waals surface area (Å²) in [5.74, 6) is 0.820. The maximum Gasteiger partial charge on any atom is 0.162 e. The monoisotopic (exact) mass is 622 g/mol. The van der Waals surface area contributed by atoms with E-state index in [0.717, 1.165) is 33.8 Å². The van der Waals surface area contributed by atoms with Gasteiger partial charge in [-0.1, -0.05) is 52.2 Å². The van der Waals surface area contributed by atoms with Gasteiger partial charge in [-0.05, 0) is 68.8 Å². The summed E-state index contributed by atoms with van der Waals surface area (Å²) in [6.45, 7) is 10.6. The Balaban J connectivity index is 0.00000241. The van der Waals surface area contributed by atoms with Gasteiger partial charge in [0.25, 0.3) is 0 Å². The number of aromatic nitrogens is 4. The number of pyridine rings is 1. The van der Waals surface area contributed by atoms with E-state index in [-0.39, 0.29) is 20.1 Å². The van der Waals surface area contributed by atoms with Crippen molar-refractivity contribution in [3.8, 4) is 16.9 Å². The fraction of sp³-hybridized carbons (Fsp3) is 0.172. The average Bonchev–Trinajstić information content (AvgIpc) is 3.36. The molecule has 3 aromatic heterocycles. The summed E-state index contributed by atoms with van der Waals surface area (Å²) < 4.78 is 4.11. The van der Waals surface area contributed by atoms with Crippen LogP contribution in [0.25, 0.3) is 44.3 Å². The summed E-state index contributed by atoms with van der Waals surface area (Å²) in [6.07, 6.45) is 2.09. The molecule has 0 saturated carbocycles. The van der Waals surface area contributed by atoms with Crippen molar-refractivity contribution >= 4 is 27.3 Å². The molecule has 0 saturated heterocycles. The number of aryl methyl sites for hydroxylation is 5. The molecule has 0 amide bonds. The van der Waals surface area contributed by atoms with Crippen molar-refractivity contribution in [2.24, 2.45) is 0 Å². The SMILES string of the molecule is Cc1ccc2c(c1)c1c(-c3c(C)cccc3C)cc[c-]c1c1nc(-n3nc(C)cc3C)cn21.[Ir]. The van der Waals surface area contributed by atoms with E-state index >= 15 is 0 Å². The number of benzene rings is 3. The summed E-state index contributed by atoms with van der Waals surface area (Å²) in [5.41, 5.74) is 10.4. The second kappa shape index (κ2) is 8.19. The Hall–Kier alpha value is -3.27. The minimum absolute atomic E-state index is 0. The van der Waals surface area contributed by atoms with Crippen LogP contribution >= 0.6 is 0 Å². The van der Waals surface area contributed by atoms with Crippen molar-refractivity contribution in [2.75, 3.05) is 0 Å². The molecule has 0 unspecified atom stereocenters. The molecule has 0 bridgehead atoms. The second-order valence-corrected chi connectivity index (χ2v) is 9.06. The van der Waals surface area contributed by atoms with Crippen LogP contribution in [0.1, 0.15) is 28.1 Å². The van der Waals surface area contributed by atoms with E-state index in [4.69, 9.17) is 4.98 Å². The van der Waals surface area contributed by atoms with Crippen LogP contribution in [-0.4, -0.2) is 19.2 Å². The summed E-state index contributed by atoms with van der Waals surface area (Å²) >= 11 is 0. The molecular formula is C29H25IrN4-. The molecule has 1 radical (unpaired) electrons. The van der Waals surface area contributed by atoms with Crippen LogP contribution in [0.4, 0.5) is 0 Å². The molecule has 171 valence electrons. The number of fused-ring (bicyclic) bond motifs is 6. The average molecular weight is 622 g/mol. The summed E-state index contributed by atoms with van der Waals surface area (Å²) in [7, 11) is 0. The summed E-state index contributed by atoms with van der Waals surface area (Å²) in [4.78, 5) is 5.07. The van der Waals surface area contributed by atoms with Crippen LogP contribution in [0.3, 0.4) is 0 Å². The number of nitrogens with zero attached hydrogens (tertiary/aromatic N) is 4. The molecule has 0 spiro atoms. The summed E-state index contributed by atoms with van der Waals surface area (Å²) in [5, 5.41) is 8.11. The predicted octanol–water partition coefficient (Wildman–Crippen LogP) is 6.83. The van der Waals surface area contributed by atoms with E-state index in [9.17, 15) is 0 Å². The number of imidazole rings is 1. The zero-order chi connectivity index (χ0) is 22.9. The molecular weight excluding hydrogens is 597 g/mol. The van der Waals surface area contributed by atoms with Gasteiger partial charge in [-0.3, -0.25) is 4.98 Å². The Morgan fingerprint density at radius 3 is 2.35 bits per heavy atom. The van der Waals surface area contributed by atoms with Crippen molar-refractivity contribution in [1.82, 2.24) is 19.2 Å². The van der Waals surface area contributed by atoms with Gasteiger partial charge in [0, 0.05) is 37.5 Å².